The van der Waals surface area contributed by atoms with Crippen LogP contribution in [0.15, 0.2) is 18.2 Å². The molecular weight excluding hydrogens is 236 g/mol. The van der Waals surface area contributed by atoms with Gasteiger partial charge in [-0.3, -0.25) is 0 Å². The molecule has 1 fully saturated rings. The Morgan fingerprint density at radius 2 is 1.89 bits per heavy atom. The summed E-state index contributed by atoms with van der Waals surface area (Å²) in [7, 11) is 3.75. The van der Waals surface area contributed by atoms with Crippen LogP contribution in [0, 0.1) is 0 Å². The average molecular weight is 260 g/mol. The number of benzene rings is 1. The van der Waals surface area contributed by atoms with Crippen molar-refractivity contribution in [3.05, 3.63) is 24.0 Å². The quantitative estimate of drug-likeness (QED) is 0.690. The molecule has 4 nitrogen and oxygen atoms in total. The van der Waals surface area contributed by atoms with Gasteiger partial charge in [-0.05, 0) is 45.1 Å². The van der Waals surface area contributed by atoms with Gasteiger partial charge in [-0.2, -0.15) is 0 Å². The Hall–Kier alpha value is -1.55. The Kier molecular flexibility index (Phi) is 4.80. The second-order valence-corrected chi connectivity index (χ2v) is 5.23. The average Bonchev–Trinajstić information content (AvgIpc) is 2.83. The first-order valence-corrected chi connectivity index (χ1v) is 7.08. The fraction of sp³-hybridized carbons (Fsp3) is 0.533. The van der Waals surface area contributed by atoms with Gasteiger partial charge in [-0.25, -0.2) is 4.98 Å². The lowest BCUT2D eigenvalue weighted by atomic mass is 9.89. The zero-order valence-electron chi connectivity index (χ0n) is 11.9. The van der Waals surface area contributed by atoms with E-state index in [1.54, 1.807) is 0 Å². The molecule has 0 spiro atoms. The van der Waals surface area contributed by atoms with Crippen molar-refractivity contribution in [2.45, 2.75) is 38.0 Å². The summed E-state index contributed by atoms with van der Waals surface area (Å²) in [6, 6.07) is 5.87. The summed E-state index contributed by atoms with van der Waals surface area (Å²) >= 11 is 0. The van der Waals surface area contributed by atoms with Crippen LogP contribution in [0.3, 0.4) is 0 Å². The number of nitrogens with one attached hydrogen (secondary N) is 2. The molecule has 3 rings (SSSR count). The van der Waals surface area contributed by atoms with Gasteiger partial charge in [0, 0.05) is 11.6 Å². The number of imidazole rings is 1. The van der Waals surface area contributed by atoms with Crippen LogP contribution in [0.25, 0.3) is 11.0 Å². The maximum absolute atomic E-state index is 5.76. The van der Waals surface area contributed by atoms with Gasteiger partial charge in [0.2, 0.25) is 0 Å². The van der Waals surface area contributed by atoms with Crippen molar-refractivity contribution in [2.24, 2.45) is 0 Å². The minimum atomic E-state index is 0.627. The summed E-state index contributed by atoms with van der Waals surface area (Å²) in [6.07, 6.45) is 6.60. The standard InChI is InChI=1S/C13H17N3.C2H7N/c14-10-6-7-11-12(8-10)16-13(15-11)9-4-2-1-3-5-9;1-3-2/h6-9H,1-5,14H2,(H,15,16);3H,1-2H3. The predicted molar refractivity (Wildman–Crippen MR) is 81.3 cm³/mol. The fourth-order valence-corrected chi connectivity index (χ4v) is 2.62. The van der Waals surface area contributed by atoms with Crippen LogP contribution >= 0.6 is 0 Å². The molecule has 1 aromatic carbocycles. The Morgan fingerprint density at radius 1 is 1.21 bits per heavy atom. The Labute approximate surface area is 114 Å². The molecule has 0 unspecified atom stereocenters. The van der Waals surface area contributed by atoms with Gasteiger partial charge >= 0.3 is 0 Å². The molecular formula is C15H24N4. The molecule has 0 bridgehead atoms. The van der Waals surface area contributed by atoms with E-state index in [0.717, 1.165) is 22.5 Å². The lowest BCUT2D eigenvalue weighted by Gasteiger charge is -2.18. The van der Waals surface area contributed by atoms with Crippen molar-refractivity contribution in [2.75, 3.05) is 19.8 Å². The van der Waals surface area contributed by atoms with Crippen LogP contribution < -0.4 is 11.1 Å². The molecule has 0 amide bonds. The highest BCUT2D eigenvalue weighted by molar-refractivity contribution is 5.78. The number of H-pyrrole nitrogens is 1. The minimum absolute atomic E-state index is 0.627. The number of hydrogen-bond acceptors (Lipinski definition) is 3. The maximum Gasteiger partial charge on any atom is 0.110 e. The molecule has 1 heterocycles. The van der Waals surface area contributed by atoms with Gasteiger partial charge in [0.05, 0.1) is 11.0 Å². The van der Waals surface area contributed by atoms with Crippen LogP contribution in [0.1, 0.15) is 43.8 Å². The second kappa shape index (κ2) is 6.57. The third-order valence-electron chi connectivity index (χ3n) is 3.52. The van der Waals surface area contributed by atoms with Gasteiger partial charge in [0.25, 0.3) is 0 Å². The number of aromatic nitrogens is 2. The first-order valence-electron chi connectivity index (χ1n) is 7.08. The molecule has 4 N–H and O–H groups in total. The summed E-state index contributed by atoms with van der Waals surface area (Å²) in [4.78, 5) is 8.08. The van der Waals surface area contributed by atoms with E-state index in [2.05, 4.69) is 15.3 Å². The molecule has 0 saturated heterocycles. The SMILES string of the molecule is CNC.Nc1ccc2nc(C3CCCCC3)[nH]c2c1. The Bertz CT molecular complexity index is 512. The molecule has 0 radical (unpaired) electrons. The number of anilines is 1. The van der Waals surface area contributed by atoms with E-state index in [1.165, 1.54) is 32.1 Å². The molecule has 104 valence electrons. The normalized spacial score (nSPS) is 16.1. The number of nitrogens with zero attached hydrogens (tertiary/aromatic N) is 1. The van der Waals surface area contributed by atoms with Crippen LogP contribution in [-0.2, 0) is 0 Å². The molecule has 1 aliphatic carbocycles. The molecule has 1 aliphatic rings. The largest absolute Gasteiger partial charge is 0.399 e. The Balaban J connectivity index is 0.000000408. The van der Waals surface area contributed by atoms with Gasteiger partial charge in [0.15, 0.2) is 0 Å². The van der Waals surface area contributed by atoms with Gasteiger partial charge in [-0.15, -0.1) is 0 Å². The van der Waals surface area contributed by atoms with E-state index in [1.807, 2.05) is 32.3 Å². The van der Waals surface area contributed by atoms with Gasteiger partial charge < -0.3 is 16.0 Å². The lowest BCUT2D eigenvalue weighted by Crippen LogP contribution is -2.05. The first-order chi connectivity index (χ1) is 9.24. The number of fused-ring (bicyclic) bond motifs is 1. The number of hydrogen-bond donors (Lipinski definition) is 3. The predicted octanol–water partition coefficient (Wildman–Crippen LogP) is 3.03. The minimum Gasteiger partial charge on any atom is -0.399 e. The summed E-state index contributed by atoms with van der Waals surface area (Å²) < 4.78 is 0. The first kappa shape index (κ1) is 13.9. The van der Waals surface area contributed by atoms with E-state index in [4.69, 9.17) is 5.73 Å². The summed E-state index contributed by atoms with van der Waals surface area (Å²) in [5.41, 5.74) is 8.67. The van der Waals surface area contributed by atoms with Crippen molar-refractivity contribution < 1.29 is 0 Å². The van der Waals surface area contributed by atoms with Gasteiger partial charge in [0.1, 0.15) is 5.82 Å². The highest BCUT2D eigenvalue weighted by atomic mass is 14.9. The van der Waals surface area contributed by atoms with E-state index in [-0.39, 0.29) is 0 Å². The van der Waals surface area contributed by atoms with E-state index < -0.39 is 0 Å². The van der Waals surface area contributed by atoms with E-state index >= 15 is 0 Å². The Morgan fingerprint density at radius 3 is 2.58 bits per heavy atom. The summed E-state index contributed by atoms with van der Waals surface area (Å²) in [5.74, 6) is 1.78. The molecule has 0 aliphatic heterocycles. The molecule has 0 atom stereocenters. The lowest BCUT2D eigenvalue weighted by molar-refractivity contribution is 0.431. The monoisotopic (exact) mass is 260 g/mol. The van der Waals surface area contributed by atoms with Crippen molar-refractivity contribution in [3.8, 4) is 0 Å². The van der Waals surface area contributed by atoms with E-state index in [0.29, 0.717) is 5.92 Å². The third-order valence-corrected chi connectivity index (χ3v) is 3.52. The third kappa shape index (κ3) is 3.47. The van der Waals surface area contributed by atoms with Crippen molar-refractivity contribution in [1.82, 2.24) is 15.3 Å². The molecule has 1 saturated carbocycles. The van der Waals surface area contributed by atoms with Crippen LogP contribution in [0.4, 0.5) is 5.69 Å². The number of rotatable bonds is 1. The van der Waals surface area contributed by atoms with Crippen LogP contribution in [0.2, 0.25) is 0 Å². The number of nitrogens with two attached hydrogens (primary N) is 1. The maximum atomic E-state index is 5.76. The summed E-state index contributed by atoms with van der Waals surface area (Å²) in [6.45, 7) is 0. The molecule has 1 aromatic heterocycles. The zero-order valence-corrected chi connectivity index (χ0v) is 11.9. The number of aromatic amines is 1. The van der Waals surface area contributed by atoms with Crippen LogP contribution in [-0.4, -0.2) is 24.1 Å². The van der Waals surface area contributed by atoms with E-state index in [9.17, 15) is 0 Å². The topological polar surface area (TPSA) is 66.7 Å². The van der Waals surface area contributed by atoms with Crippen molar-refractivity contribution in [1.29, 1.82) is 0 Å². The van der Waals surface area contributed by atoms with Gasteiger partial charge in [-0.1, -0.05) is 19.3 Å². The second-order valence-electron chi connectivity index (χ2n) is 5.23. The molecule has 4 heteroatoms. The molecule has 2 aromatic rings. The smallest absolute Gasteiger partial charge is 0.110 e. The number of nitrogen functional groups attached to an aromatic ring is 1. The summed E-state index contributed by atoms with van der Waals surface area (Å²) in [5, 5.41) is 2.75. The van der Waals surface area contributed by atoms with Crippen molar-refractivity contribution >= 4 is 16.7 Å². The molecule has 19 heavy (non-hydrogen) atoms. The highest BCUT2D eigenvalue weighted by Gasteiger charge is 2.18. The van der Waals surface area contributed by atoms with Crippen molar-refractivity contribution in [3.63, 3.8) is 0 Å². The highest BCUT2D eigenvalue weighted by Crippen LogP contribution is 2.32. The fourth-order valence-electron chi connectivity index (χ4n) is 2.62. The van der Waals surface area contributed by atoms with Crippen LogP contribution in [0.5, 0.6) is 0 Å². The zero-order chi connectivity index (χ0) is 13.7.